The van der Waals surface area contributed by atoms with E-state index >= 15 is 0 Å². The minimum Gasteiger partial charge on any atom is -0.462 e. The molecule has 6 heteroatoms. The molecule has 1 aromatic carbocycles. The third kappa shape index (κ3) is 3.74. The van der Waals surface area contributed by atoms with Gasteiger partial charge in [0.2, 0.25) is 0 Å². The number of hydrogen-bond donors (Lipinski definition) is 0. The van der Waals surface area contributed by atoms with E-state index in [0.29, 0.717) is 23.7 Å². The number of benzene rings is 1. The number of ether oxygens (including phenoxy) is 1. The molecule has 0 aliphatic carbocycles. The number of hydrogen-bond acceptors (Lipinski definition) is 5. The van der Waals surface area contributed by atoms with Gasteiger partial charge >= 0.3 is 5.97 Å². The standard InChI is InChI=1S/C19H20N4O2/c1-4-11-25-19(24)15-6-8-16(9-7-15)21-22-18-14(3)20-17-10-5-13(2)12-23(17)18/h5-10,12H,4,11H2,1-3H3. The number of carbonyl (C=O) groups is 1. The lowest BCUT2D eigenvalue weighted by Gasteiger charge is -2.02. The molecule has 2 aromatic heterocycles. The van der Waals surface area contributed by atoms with Crippen molar-refractivity contribution in [3.8, 4) is 0 Å². The van der Waals surface area contributed by atoms with Crippen molar-refractivity contribution in [3.05, 3.63) is 59.4 Å². The van der Waals surface area contributed by atoms with Crippen LogP contribution in [0.2, 0.25) is 0 Å². The Kier molecular flexibility index (Phi) is 4.88. The molecule has 3 rings (SSSR count). The summed E-state index contributed by atoms with van der Waals surface area (Å²) in [4.78, 5) is 16.3. The van der Waals surface area contributed by atoms with Gasteiger partial charge in [-0.3, -0.25) is 4.40 Å². The average Bonchev–Trinajstić information content (AvgIpc) is 2.93. The summed E-state index contributed by atoms with van der Waals surface area (Å²) >= 11 is 0. The van der Waals surface area contributed by atoms with Crippen LogP contribution in [-0.4, -0.2) is 22.0 Å². The third-order valence-electron chi connectivity index (χ3n) is 3.71. The first-order valence-corrected chi connectivity index (χ1v) is 8.22. The maximum atomic E-state index is 11.8. The van der Waals surface area contributed by atoms with Gasteiger partial charge in [0.05, 0.1) is 23.6 Å². The fourth-order valence-corrected chi connectivity index (χ4v) is 2.42. The zero-order valence-corrected chi connectivity index (χ0v) is 14.6. The van der Waals surface area contributed by atoms with Crippen LogP contribution in [-0.2, 0) is 4.74 Å². The van der Waals surface area contributed by atoms with E-state index in [4.69, 9.17) is 4.74 Å². The minimum atomic E-state index is -0.321. The van der Waals surface area contributed by atoms with Crippen LogP contribution in [0.25, 0.3) is 5.65 Å². The van der Waals surface area contributed by atoms with Crippen molar-refractivity contribution in [1.82, 2.24) is 9.38 Å². The number of imidazole rings is 1. The van der Waals surface area contributed by atoms with E-state index in [1.54, 1.807) is 24.3 Å². The predicted molar refractivity (Wildman–Crippen MR) is 95.9 cm³/mol. The Hall–Kier alpha value is -3.02. The number of aryl methyl sites for hydroxylation is 2. The van der Waals surface area contributed by atoms with Crippen LogP contribution in [0.4, 0.5) is 11.5 Å². The zero-order valence-electron chi connectivity index (χ0n) is 14.6. The topological polar surface area (TPSA) is 68.3 Å². The molecule has 0 spiro atoms. The van der Waals surface area contributed by atoms with Crippen molar-refractivity contribution in [2.75, 3.05) is 6.61 Å². The Morgan fingerprint density at radius 3 is 2.60 bits per heavy atom. The summed E-state index contributed by atoms with van der Waals surface area (Å²) in [7, 11) is 0. The molecule has 0 radical (unpaired) electrons. The second-order valence-corrected chi connectivity index (χ2v) is 5.84. The first-order valence-electron chi connectivity index (χ1n) is 8.22. The van der Waals surface area contributed by atoms with Gasteiger partial charge in [-0.05, 0) is 56.2 Å². The number of fused-ring (bicyclic) bond motifs is 1. The quantitative estimate of drug-likeness (QED) is 0.490. The molecule has 2 heterocycles. The summed E-state index contributed by atoms with van der Waals surface area (Å²) in [5.41, 5.74) is 3.94. The number of pyridine rings is 1. The van der Waals surface area contributed by atoms with E-state index in [-0.39, 0.29) is 5.97 Å². The van der Waals surface area contributed by atoms with Crippen molar-refractivity contribution in [2.24, 2.45) is 10.2 Å². The van der Waals surface area contributed by atoms with Gasteiger partial charge in [-0.15, -0.1) is 10.2 Å². The summed E-state index contributed by atoms with van der Waals surface area (Å²) in [6.07, 6.45) is 2.78. The molecule has 0 amide bonds. The molecule has 3 aromatic rings. The normalized spacial score (nSPS) is 11.3. The van der Waals surface area contributed by atoms with Crippen LogP contribution in [0, 0.1) is 13.8 Å². The van der Waals surface area contributed by atoms with Gasteiger partial charge < -0.3 is 4.74 Å². The lowest BCUT2D eigenvalue weighted by molar-refractivity contribution is 0.0505. The van der Waals surface area contributed by atoms with Crippen molar-refractivity contribution >= 4 is 23.1 Å². The molecule has 25 heavy (non-hydrogen) atoms. The van der Waals surface area contributed by atoms with Gasteiger partial charge in [0.15, 0.2) is 5.82 Å². The van der Waals surface area contributed by atoms with Crippen LogP contribution >= 0.6 is 0 Å². The fourth-order valence-electron chi connectivity index (χ4n) is 2.42. The Bertz CT molecular complexity index is 926. The van der Waals surface area contributed by atoms with Crippen LogP contribution < -0.4 is 0 Å². The molecule has 0 fully saturated rings. The summed E-state index contributed by atoms with van der Waals surface area (Å²) in [6.45, 7) is 6.31. The van der Waals surface area contributed by atoms with E-state index in [9.17, 15) is 4.79 Å². The first kappa shape index (κ1) is 16.8. The van der Waals surface area contributed by atoms with Gasteiger partial charge in [-0.2, -0.15) is 0 Å². The maximum absolute atomic E-state index is 11.8. The van der Waals surface area contributed by atoms with Crippen LogP contribution in [0.15, 0.2) is 52.8 Å². The minimum absolute atomic E-state index is 0.321. The number of aromatic nitrogens is 2. The molecular formula is C19H20N4O2. The Balaban J connectivity index is 1.82. The van der Waals surface area contributed by atoms with Crippen LogP contribution in [0.3, 0.4) is 0 Å². The Labute approximate surface area is 146 Å². The van der Waals surface area contributed by atoms with Crippen molar-refractivity contribution < 1.29 is 9.53 Å². The predicted octanol–water partition coefficient (Wildman–Crippen LogP) is 4.93. The fraction of sp³-hybridized carbons (Fsp3) is 0.263. The summed E-state index contributed by atoms with van der Waals surface area (Å²) in [5, 5.41) is 8.60. The van der Waals surface area contributed by atoms with Crippen LogP contribution in [0.1, 0.15) is 35.0 Å². The highest BCUT2D eigenvalue weighted by Crippen LogP contribution is 2.24. The molecule has 0 N–H and O–H groups in total. The van der Waals surface area contributed by atoms with E-state index in [1.165, 1.54) is 0 Å². The molecule has 0 aliphatic rings. The number of carbonyl (C=O) groups excluding carboxylic acids is 1. The van der Waals surface area contributed by atoms with Gasteiger partial charge in [-0.1, -0.05) is 13.0 Å². The molecule has 0 saturated heterocycles. The van der Waals surface area contributed by atoms with Gasteiger partial charge in [0.25, 0.3) is 0 Å². The van der Waals surface area contributed by atoms with E-state index in [1.807, 2.05) is 43.5 Å². The van der Waals surface area contributed by atoms with Crippen molar-refractivity contribution in [2.45, 2.75) is 27.2 Å². The lowest BCUT2D eigenvalue weighted by Crippen LogP contribution is -2.05. The Morgan fingerprint density at radius 2 is 1.88 bits per heavy atom. The average molecular weight is 336 g/mol. The van der Waals surface area contributed by atoms with Gasteiger partial charge in [0.1, 0.15) is 5.65 Å². The zero-order chi connectivity index (χ0) is 17.8. The van der Waals surface area contributed by atoms with Gasteiger partial charge in [-0.25, -0.2) is 9.78 Å². The molecule has 128 valence electrons. The van der Waals surface area contributed by atoms with E-state index in [2.05, 4.69) is 15.2 Å². The number of rotatable bonds is 5. The molecular weight excluding hydrogens is 316 g/mol. The molecule has 0 bridgehead atoms. The largest absolute Gasteiger partial charge is 0.462 e. The third-order valence-corrected chi connectivity index (χ3v) is 3.71. The summed E-state index contributed by atoms with van der Waals surface area (Å²) in [5.74, 6) is 0.378. The highest BCUT2D eigenvalue weighted by atomic mass is 16.5. The van der Waals surface area contributed by atoms with Crippen molar-refractivity contribution in [3.63, 3.8) is 0 Å². The number of esters is 1. The highest BCUT2D eigenvalue weighted by Gasteiger charge is 2.09. The first-order chi connectivity index (χ1) is 12.1. The molecule has 6 nitrogen and oxygen atoms in total. The van der Waals surface area contributed by atoms with Crippen LogP contribution in [0.5, 0.6) is 0 Å². The van der Waals surface area contributed by atoms with E-state index in [0.717, 1.165) is 23.3 Å². The smallest absolute Gasteiger partial charge is 0.338 e. The molecule has 0 aliphatic heterocycles. The summed E-state index contributed by atoms with van der Waals surface area (Å²) in [6, 6.07) is 10.8. The number of nitrogens with zero attached hydrogens (tertiary/aromatic N) is 4. The molecule has 0 saturated carbocycles. The highest BCUT2D eigenvalue weighted by molar-refractivity contribution is 5.89. The molecule has 0 atom stereocenters. The monoisotopic (exact) mass is 336 g/mol. The summed E-state index contributed by atoms with van der Waals surface area (Å²) < 4.78 is 7.03. The maximum Gasteiger partial charge on any atom is 0.338 e. The molecule has 0 unspecified atom stereocenters. The second kappa shape index (κ2) is 7.25. The lowest BCUT2D eigenvalue weighted by atomic mass is 10.2. The number of azo groups is 1. The van der Waals surface area contributed by atoms with Gasteiger partial charge in [0, 0.05) is 6.20 Å². The SMILES string of the molecule is CCCOC(=O)c1ccc(N=Nc2c(C)nc3ccc(C)cn23)cc1. The van der Waals surface area contributed by atoms with E-state index < -0.39 is 0 Å². The Morgan fingerprint density at radius 1 is 1.12 bits per heavy atom. The second-order valence-electron chi connectivity index (χ2n) is 5.84. The van der Waals surface area contributed by atoms with Crippen molar-refractivity contribution in [1.29, 1.82) is 0 Å².